The number of benzene rings is 1. The van der Waals surface area contributed by atoms with Crippen molar-refractivity contribution in [3.05, 3.63) is 41.0 Å². The SMILES string of the molecule is Cc1cnc2nc(-c3cc(NC(=O)CO)ccc3Cl)[nH]c2c1. The van der Waals surface area contributed by atoms with E-state index in [4.69, 9.17) is 16.7 Å². The number of amides is 1. The molecule has 6 nitrogen and oxygen atoms in total. The van der Waals surface area contributed by atoms with Crippen LogP contribution in [0.4, 0.5) is 5.69 Å². The number of imidazole rings is 1. The van der Waals surface area contributed by atoms with Gasteiger partial charge in [-0.15, -0.1) is 0 Å². The number of fused-ring (bicyclic) bond motifs is 1. The van der Waals surface area contributed by atoms with Crippen LogP contribution >= 0.6 is 11.6 Å². The molecule has 1 amide bonds. The summed E-state index contributed by atoms with van der Waals surface area (Å²) in [5.41, 5.74) is 3.62. The maximum Gasteiger partial charge on any atom is 0.250 e. The van der Waals surface area contributed by atoms with Gasteiger partial charge in [-0.05, 0) is 36.8 Å². The molecule has 2 heterocycles. The van der Waals surface area contributed by atoms with Crippen molar-refractivity contribution in [1.29, 1.82) is 0 Å². The highest BCUT2D eigenvalue weighted by atomic mass is 35.5. The van der Waals surface area contributed by atoms with E-state index in [-0.39, 0.29) is 0 Å². The summed E-state index contributed by atoms with van der Waals surface area (Å²) in [6.45, 7) is 1.37. The first-order valence-corrected chi connectivity index (χ1v) is 6.97. The fourth-order valence-corrected chi connectivity index (χ4v) is 2.32. The van der Waals surface area contributed by atoms with Crippen LogP contribution in [0.1, 0.15) is 5.56 Å². The zero-order valence-corrected chi connectivity index (χ0v) is 12.5. The number of hydrogen-bond donors (Lipinski definition) is 3. The fraction of sp³-hybridized carbons (Fsp3) is 0.133. The summed E-state index contributed by atoms with van der Waals surface area (Å²) in [7, 11) is 0. The lowest BCUT2D eigenvalue weighted by molar-refractivity contribution is -0.118. The molecule has 0 fully saturated rings. The van der Waals surface area contributed by atoms with Gasteiger partial charge in [-0.1, -0.05) is 11.6 Å². The molecule has 0 aliphatic carbocycles. The van der Waals surface area contributed by atoms with Gasteiger partial charge in [-0.25, -0.2) is 9.97 Å². The van der Waals surface area contributed by atoms with E-state index in [1.807, 2.05) is 13.0 Å². The minimum absolute atomic E-state index is 0.491. The first kappa shape index (κ1) is 14.5. The van der Waals surface area contributed by atoms with Gasteiger partial charge in [0.05, 0.1) is 10.5 Å². The molecule has 0 atom stereocenters. The fourth-order valence-electron chi connectivity index (χ4n) is 2.12. The van der Waals surface area contributed by atoms with Gasteiger partial charge in [-0.3, -0.25) is 4.79 Å². The topological polar surface area (TPSA) is 90.9 Å². The van der Waals surface area contributed by atoms with Gasteiger partial charge in [0.1, 0.15) is 12.4 Å². The first-order chi connectivity index (χ1) is 10.6. The number of halogens is 1. The lowest BCUT2D eigenvalue weighted by Crippen LogP contribution is -2.15. The summed E-state index contributed by atoms with van der Waals surface area (Å²) in [4.78, 5) is 23.1. The van der Waals surface area contributed by atoms with Crippen molar-refractivity contribution in [2.75, 3.05) is 11.9 Å². The Morgan fingerprint density at radius 3 is 3.00 bits per heavy atom. The van der Waals surface area contributed by atoms with Gasteiger partial charge in [0.15, 0.2) is 5.65 Å². The third-order valence-corrected chi connectivity index (χ3v) is 3.45. The highest BCUT2D eigenvalue weighted by Gasteiger charge is 2.11. The zero-order chi connectivity index (χ0) is 15.7. The van der Waals surface area contributed by atoms with Crippen LogP contribution in [0.5, 0.6) is 0 Å². The summed E-state index contributed by atoms with van der Waals surface area (Å²) in [6.07, 6.45) is 1.74. The first-order valence-electron chi connectivity index (χ1n) is 6.60. The molecule has 0 saturated carbocycles. The van der Waals surface area contributed by atoms with Crippen molar-refractivity contribution >= 4 is 34.4 Å². The van der Waals surface area contributed by atoms with Crippen LogP contribution in [0.25, 0.3) is 22.6 Å². The van der Waals surface area contributed by atoms with Crippen LogP contribution in [0.2, 0.25) is 5.02 Å². The smallest absolute Gasteiger partial charge is 0.250 e. The van der Waals surface area contributed by atoms with Crippen LogP contribution in [-0.2, 0) is 4.79 Å². The summed E-state index contributed by atoms with van der Waals surface area (Å²) in [6, 6.07) is 6.96. The second kappa shape index (κ2) is 5.75. The lowest BCUT2D eigenvalue weighted by Gasteiger charge is -2.06. The van der Waals surface area contributed by atoms with E-state index in [9.17, 15) is 4.79 Å². The number of nitrogens with zero attached hydrogens (tertiary/aromatic N) is 2. The Balaban J connectivity index is 2.04. The van der Waals surface area contributed by atoms with Gasteiger partial charge < -0.3 is 15.4 Å². The number of anilines is 1. The molecule has 0 unspecified atom stereocenters. The van der Waals surface area contributed by atoms with E-state index >= 15 is 0 Å². The molecule has 2 aromatic heterocycles. The number of aromatic amines is 1. The van der Waals surface area contributed by atoms with Crippen LogP contribution < -0.4 is 5.32 Å². The third kappa shape index (κ3) is 2.79. The van der Waals surface area contributed by atoms with Crippen LogP contribution in [0, 0.1) is 6.92 Å². The average molecular weight is 317 g/mol. The summed E-state index contributed by atoms with van der Waals surface area (Å²) in [5.74, 6) is 0.0772. The Bertz CT molecular complexity index is 860. The quantitative estimate of drug-likeness (QED) is 0.692. The van der Waals surface area contributed by atoms with E-state index < -0.39 is 12.5 Å². The molecular formula is C15H13ClN4O2. The number of carbonyl (C=O) groups is 1. The Labute approximate surface area is 131 Å². The molecule has 112 valence electrons. The van der Waals surface area contributed by atoms with Gasteiger partial charge in [-0.2, -0.15) is 0 Å². The Hall–Kier alpha value is -2.44. The second-order valence-electron chi connectivity index (χ2n) is 4.87. The lowest BCUT2D eigenvalue weighted by atomic mass is 10.2. The molecule has 0 aliphatic heterocycles. The number of rotatable bonds is 3. The standard InChI is InChI=1S/C15H13ClN4O2/c1-8-4-12-15(17-6-8)20-14(19-12)10-5-9(2-3-11(10)16)18-13(22)7-21/h2-6,21H,7H2,1H3,(H,18,22)(H,17,19,20). The average Bonchev–Trinajstić information content (AvgIpc) is 2.91. The second-order valence-corrected chi connectivity index (χ2v) is 5.28. The maximum atomic E-state index is 11.3. The van der Waals surface area contributed by atoms with Crippen molar-refractivity contribution in [2.24, 2.45) is 0 Å². The molecule has 0 bridgehead atoms. The largest absolute Gasteiger partial charge is 0.387 e. The minimum atomic E-state index is -0.578. The van der Waals surface area contributed by atoms with Crippen LogP contribution in [0.15, 0.2) is 30.5 Å². The predicted octanol–water partition coefficient (Wildman–Crippen LogP) is 2.52. The molecule has 7 heteroatoms. The van der Waals surface area contributed by atoms with Gasteiger partial charge >= 0.3 is 0 Å². The van der Waals surface area contributed by atoms with Crippen molar-refractivity contribution in [3.8, 4) is 11.4 Å². The van der Waals surface area contributed by atoms with Crippen LogP contribution in [0.3, 0.4) is 0 Å². The Kier molecular flexibility index (Phi) is 3.79. The summed E-state index contributed by atoms with van der Waals surface area (Å²) >= 11 is 6.22. The number of hydrogen-bond acceptors (Lipinski definition) is 4. The molecule has 3 rings (SSSR count). The third-order valence-electron chi connectivity index (χ3n) is 3.12. The molecule has 1 aromatic carbocycles. The van der Waals surface area contributed by atoms with E-state index in [2.05, 4.69) is 20.3 Å². The number of aromatic nitrogens is 3. The summed E-state index contributed by atoms with van der Waals surface area (Å²) in [5, 5.41) is 11.9. The molecule has 3 N–H and O–H groups in total. The molecule has 0 saturated heterocycles. The van der Waals surface area contributed by atoms with Gasteiger partial charge in [0, 0.05) is 17.4 Å². The molecule has 22 heavy (non-hydrogen) atoms. The molecule has 3 aromatic rings. The minimum Gasteiger partial charge on any atom is -0.387 e. The van der Waals surface area contributed by atoms with Crippen molar-refractivity contribution in [1.82, 2.24) is 15.0 Å². The number of H-pyrrole nitrogens is 1. The number of aliphatic hydroxyl groups is 1. The maximum absolute atomic E-state index is 11.3. The Morgan fingerprint density at radius 2 is 2.23 bits per heavy atom. The van der Waals surface area contributed by atoms with Gasteiger partial charge in [0.25, 0.3) is 0 Å². The highest BCUT2D eigenvalue weighted by molar-refractivity contribution is 6.33. The number of aryl methyl sites for hydroxylation is 1. The van der Waals surface area contributed by atoms with E-state index in [1.165, 1.54) is 0 Å². The normalized spacial score (nSPS) is 10.9. The monoisotopic (exact) mass is 316 g/mol. The van der Waals surface area contributed by atoms with E-state index in [0.717, 1.165) is 11.1 Å². The molecular weight excluding hydrogens is 304 g/mol. The number of pyridine rings is 1. The number of aliphatic hydroxyl groups excluding tert-OH is 1. The van der Waals surface area contributed by atoms with Crippen molar-refractivity contribution in [3.63, 3.8) is 0 Å². The molecule has 0 aliphatic rings. The van der Waals surface area contributed by atoms with Crippen molar-refractivity contribution < 1.29 is 9.90 Å². The molecule has 0 radical (unpaired) electrons. The zero-order valence-electron chi connectivity index (χ0n) is 11.7. The van der Waals surface area contributed by atoms with Gasteiger partial charge in [0.2, 0.25) is 5.91 Å². The van der Waals surface area contributed by atoms with E-state index in [1.54, 1.807) is 24.4 Å². The van der Waals surface area contributed by atoms with Crippen LogP contribution in [-0.4, -0.2) is 32.6 Å². The number of carbonyl (C=O) groups excluding carboxylic acids is 1. The summed E-state index contributed by atoms with van der Waals surface area (Å²) < 4.78 is 0. The predicted molar refractivity (Wildman–Crippen MR) is 84.8 cm³/mol. The van der Waals surface area contributed by atoms with E-state index in [0.29, 0.717) is 27.7 Å². The molecule has 0 spiro atoms. The highest BCUT2D eigenvalue weighted by Crippen LogP contribution is 2.30. The number of nitrogens with one attached hydrogen (secondary N) is 2. The Morgan fingerprint density at radius 1 is 1.41 bits per heavy atom. The van der Waals surface area contributed by atoms with Crippen molar-refractivity contribution in [2.45, 2.75) is 6.92 Å².